The maximum atomic E-state index is 12.9. The molecule has 1 amide bonds. The molecule has 2 saturated heterocycles. The standard InChI is InChI=1S/C17H24N4O4/c1-25-6-5-20-7-11-8-21(10-17(11,9-20)16(23)24)15(22)14-12-3-2-4-13(12)18-19-14/h11H,2-10H2,1H3,(H,18,19)(H,23,24)/t11-,17-/m1/s1. The van der Waals surface area contributed by atoms with Crippen LogP contribution < -0.4 is 0 Å². The highest BCUT2D eigenvalue weighted by Gasteiger charge is 2.58. The first kappa shape index (κ1) is 16.5. The molecule has 8 heteroatoms. The number of ether oxygens (including phenoxy) is 1. The van der Waals surface area contributed by atoms with Crippen molar-refractivity contribution < 1.29 is 19.4 Å². The van der Waals surface area contributed by atoms with Crippen molar-refractivity contribution in [1.82, 2.24) is 20.0 Å². The third kappa shape index (κ3) is 2.55. The first-order valence-corrected chi connectivity index (χ1v) is 8.85. The van der Waals surface area contributed by atoms with Crippen molar-refractivity contribution in [3.05, 3.63) is 17.0 Å². The van der Waals surface area contributed by atoms with Crippen LogP contribution in [0.4, 0.5) is 0 Å². The summed E-state index contributed by atoms with van der Waals surface area (Å²) < 4.78 is 5.10. The first-order valence-electron chi connectivity index (χ1n) is 8.85. The van der Waals surface area contributed by atoms with Crippen molar-refractivity contribution >= 4 is 11.9 Å². The van der Waals surface area contributed by atoms with E-state index in [9.17, 15) is 14.7 Å². The zero-order chi connectivity index (χ0) is 17.6. The van der Waals surface area contributed by atoms with E-state index in [2.05, 4.69) is 15.1 Å². The number of nitrogens with one attached hydrogen (secondary N) is 1. The number of fused-ring (bicyclic) bond motifs is 2. The van der Waals surface area contributed by atoms with Crippen LogP contribution in [0.5, 0.6) is 0 Å². The number of carboxylic acid groups (broad SMARTS) is 1. The van der Waals surface area contributed by atoms with Crippen molar-refractivity contribution in [3.8, 4) is 0 Å². The van der Waals surface area contributed by atoms with Crippen molar-refractivity contribution in [3.63, 3.8) is 0 Å². The van der Waals surface area contributed by atoms with Gasteiger partial charge in [-0.1, -0.05) is 0 Å². The summed E-state index contributed by atoms with van der Waals surface area (Å²) in [5, 5.41) is 17.1. The topological polar surface area (TPSA) is 98.8 Å². The lowest BCUT2D eigenvalue weighted by Crippen LogP contribution is -2.42. The molecule has 3 aliphatic rings. The van der Waals surface area contributed by atoms with E-state index in [1.165, 1.54) is 0 Å². The Labute approximate surface area is 146 Å². The normalized spacial score (nSPS) is 28.4. The number of hydrogen-bond acceptors (Lipinski definition) is 5. The maximum absolute atomic E-state index is 12.9. The quantitative estimate of drug-likeness (QED) is 0.777. The highest BCUT2D eigenvalue weighted by molar-refractivity contribution is 5.95. The van der Waals surface area contributed by atoms with Gasteiger partial charge in [0.1, 0.15) is 5.41 Å². The molecule has 4 rings (SSSR count). The molecule has 0 radical (unpaired) electrons. The minimum atomic E-state index is -0.872. The molecule has 8 nitrogen and oxygen atoms in total. The second-order valence-corrected chi connectivity index (χ2v) is 7.45. The summed E-state index contributed by atoms with van der Waals surface area (Å²) in [5.74, 6) is -0.976. The van der Waals surface area contributed by atoms with E-state index in [4.69, 9.17) is 4.74 Å². The van der Waals surface area contributed by atoms with Crippen molar-refractivity contribution in [2.75, 3.05) is 46.4 Å². The predicted octanol–water partition coefficient (Wildman–Crippen LogP) is 0.00340. The fraction of sp³-hybridized carbons (Fsp3) is 0.706. The molecule has 0 saturated carbocycles. The molecule has 136 valence electrons. The lowest BCUT2D eigenvalue weighted by atomic mass is 9.81. The molecule has 0 bridgehead atoms. The van der Waals surface area contributed by atoms with Crippen LogP contribution in [0.2, 0.25) is 0 Å². The Balaban J connectivity index is 1.52. The SMILES string of the molecule is COCCN1C[C@@H]2CN(C(=O)c3n[nH]c4c3CCC4)C[C@]2(C(=O)O)C1. The number of aliphatic carboxylic acids is 1. The fourth-order valence-corrected chi connectivity index (χ4v) is 4.66. The number of hydrogen-bond donors (Lipinski definition) is 2. The van der Waals surface area contributed by atoms with Gasteiger partial charge in [0, 0.05) is 57.0 Å². The van der Waals surface area contributed by atoms with Crippen molar-refractivity contribution in [2.45, 2.75) is 19.3 Å². The van der Waals surface area contributed by atoms with Crippen molar-refractivity contribution in [1.29, 1.82) is 0 Å². The minimum absolute atomic E-state index is 0.0437. The average Bonchev–Trinajstić information content (AvgIpc) is 3.30. The number of aromatic nitrogens is 2. The van der Waals surface area contributed by atoms with Crippen molar-refractivity contribution in [2.24, 2.45) is 11.3 Å². The molecule has 1 aromatic heterocycles. The molecule has 2 N–H and O–H groups in total. The zero-order valence-corrected chi connectivity index (χ0v) is 14.5. The first-order chi connectivity index (χ1) is 12.0. The average molecular weight is 348 g/mol. The third-order valence-corrected chi connectivity index (χ3v) is 6.01. The molecule has 25 heavy (non-hydrogen) atoms. The van der Waals surface area contributed by atoms with Gasteiger partial charge in [-0.3, -0.25) is 19.6 Å². The Morgan fingerprint density at radius 3 is 2.92 bits per heavy atom. The Bertz CT molecular complexity index is 703. The summed E-state index contributed by atoms with van der Waals surface area (Å²) in [4.78, 5) is 28.8. The molecule has 1 aliphatic carbocycles. The van der Waals surface area contributed by atoms with Gasteiger partial charge >= 0.3 is 5.97 Å². The predicted molar refractivity (Wildman–Crippen MR) is 88.4 cm³/mol. The van der Waals surface area contributed by atoms with Crippen LogP contribution in [0.1, 0.15) is 28.2 Å². The smallest absolute Gasteiger partial charge is 0.313 e. The number of nitrogens with zero attached hydrogens (tertiary/aromatic N) is 3. The van der Waals surface area contributed by atoms with Crippen LogP contribution in [-0.4, -0.2) is 83.4 Å². The third-order valence-electron chi connectivity index (χ3n) is 6.01. The Morgan fingerprint density at radius 2 is 2.20 bits per heavy atom. The van der Waals surface area contributed by atoms with Crippen LogP contribution in [0.25, 0.3) is 0 Å². The summed E-state index contributed by atoms with van der Waals surface area (Å²) in [7, 11) is 1.65. The lowest BCUT2D eigenvalue weighted by Gasteiger charge is -2.25. The molecule has 0 aromatic carbocycles. The fourth-order valence-electron chi connectivity index (χ4n) is 4.66. The zero-order valence-electron chi connectivity index (χ0n) is 14.5. The largest absolute Gasteiger partial charge is 0.481 e. The van der Waals surface area contributed by atoms with Gasteiger partial charge < -0.3 is 14.7 Å². The van der Waals surface area contributed by atoms with E-state index in [1.807, 2.05) is 0 Å². The highest BCUT2D eigenvalue weighted by atomic mass is 16.5. The number of aromatic amines is 1. The molecule has 2 atom stereocenters. The van der Waals surface area contributed by atoms with E-state index in [-0.39, 0.29) is 18.4 Å². The number of methoxy groups -OCH3 is 1. The second kappa shape index (κ2) is 6.10. The Hall–Kier alpha value is -1.93. The highest BCUT2D eigenvalue weighted by Crippen LogP contribution is 2.43. The molecule has 1 aromatic rings. The number of amides is 1. The molecule has 2 aliphatic heterocycles. The van der Waals surface area contributed by atoms with Gasteiger partial charge in [0.05, 0.1) is 6.61 Å². The van der Waals surface area contributed by atoms with Crippen LogP contribution in [-0.2, 0) is 22.4 Å². The number of aryl methyl sites for hydroxylation is 1. The lowest BCUT2D eigenvalue weighted by molar-refractivity contribution is -0.148. The summed E-state index contributed by atoms with van der Waals surface area (Å²) in [6.07, 6.45) is 2.85. The van der Waals surface area contributed by atoms with E-state index in [1.54, 1.807) is 12.0 Å². The van der Waals surface area contributed by atoms with Gasteiger partial charge in [-0.2, -0.15) is 5.10 Å². The Kier molecular flexibility index (Phi) is 4.04. The van der Waals surface area contributed by atoms with Gasteiger partial charge in [0.15, 0.2) is 5.69 Å². The molecular weight excluding hydrogens is 324 g/mol. The van der Waals surface area contributed by atoms with E-state index < -0.39 is 11.4 Å². The van der Waals surface area contributed by atoms with Gasteiger partial charge in [0.25, 0.3) is 5.91 Å². The van der Waals surface area contributed by atoms with E-state index in [0.29, 0.717) is 31.9 Å². The molecule has 0 unspecified atom stereocenters. The van der Waals surface area contributed by atoms with Gasteiger partial charge in [-0.15, -0.1) is 0 Å². The van der Waals surface area contributed by atoms with Crippen LogP contribution in [0.15, 0.2) is 0 Å². The number of likely N-dealkylation sites (tertiary alicyclic amines) is 2. The Morgan fingerprint density at radius 1 is 1.36 bits per heavy atom. The maximum Gasteiger partial charge on any atom is 0.313 e. The van der Waals surface area contributed by atoms with Gasteiger partial charge in [0.2, 0.25) is 0 Å². The van der Waals surface area contributed by atoms with Crippen LogP contribution >= 0.6 is 0 Å². The van der Waals surface area contributed by atoms with Crippen LogP contribution in [0.3, 0.4) is 0 Å². The molecule has 3 heterocycles. The number of rotatable bonds is 5. The number of carbonyl (C=O) groups excluding carboxylic acids is 1. The van der Waals surface area contributed by atoms with E-state index in [0.717, 1.165) is 37.1 Å². The van der Waals surface area contributed by atoms with Gasteiger partial charge in [-0.05, 0) is 19.3 Å². The summed E-state index contributed by atoms with van der Waals surface area (Å²) >= 11 is 0. The summed E-state index contributed by atoms with van der Waals surface area (Å²) in [6, 6.07) is 0. The van der Waals surface area contributed by atoms with Crippen LogP contribution in [0, 0.1) is 11.3 Å². The van der Waals surface area contributed by atoms with E-state index >= 15 is 0 Å². The molecular formula is C17H24N4O4. The second-order valence-electron chi connectivity index (χ2n) is 7.45. The van der Waals surface area contributed by atoms with Gasteiger partial charge in [-0.25, -0.2) is 0 Å². The molecule has 2 fully saturated rings. The number of carboxylic acids is 1. The number of H-pyrrole nitrogens is 1. The monoisotopic (exact) mass is 348 g/mol. The minimum Gasteiger partial charge on any atom is -0.481 e. The summed E-state index contributed by atoms with van der Waals surface area (Å²) in [5.41, 5.74) is 1.70. The molecule has 0 spiro atoms. The number of carbonyl (C=O) groups is 2. The summed E-state index contributed by atoms with van der Waals surface area (Å²) in [6.45, 7) is 3.22.